The topological polar surface area (TPSA) is 70.7 Å². The molecule has 0 bridgehead atoms. The van der Waals surface area contributed by atoms with E-state index in [9.17, 15) is 4.79 Å². The number of aliphatic imine (C=N–C) groups is 1. The number of benzene rings is 1. The minimum atomic E-state index is 0. The van der Waals surface area contributed by atoms with Crippen molar-refractivity contribution in [2.24, 2.45) is 10.7 Å². The molecule has 1 amide bonds. The van der Waals surface area contributed by atoms with Crippen LogP contribution < -0.4 is 11.1 Å². The Bertz CT molecular complexity index is 599. The Balaban J connectivity index is 0.00000225. The molecule has 0 aromatic heterocycles. The average molecular weight is 456 g/mol. The summed E-state index contributed by atoms with van der Waals surface area (Å²) in [6, 6.07) is 8.78. The standard InChI is InChI=1S/C19H28N4O.HI/c20-19(22-17-8-2-1-3-9-17)21-13-15-6-4-7-16(12-15)14-23-11-5-10-18(23)24;/h4,6-7,12,17H,1-3,5,8-11,13-14H2,(H3,20,21,22);1H. The molecule has 1 aliphatic carbocycles. The molecular formula is C19H29IN4O. The van der Waals surface area contributed by atoms with Crippen LogP contribution in [0, 0.1) is 0 Å². The van der Waals surface area contributed by atoms with Gasteiger partial charge >= 0.3 is 0 Å². The number of hydrogen-bond donors (Lipinski definition) is 2. The molecule has 1 aromatic carbocycles. The highest BCUT2D eigenvalue weighted by atomic mass is 127. The van der Waals surface area contributed by atoms with Gasteiger partial charge < -0.3 is 16.0 Å². The molecule has 3 N–H and O–H groups in total. The van der Waals surface area contributed by atoms with Crippen molar-refractivity contribution in [2.45, 2.75) is 64.1 Å². The largest absolute Gasteiger partial charge is 0.370 e. The zero-order valence-corrected chi connectivity index (χ0v) is 17.1. The molecule has 0 atom stereocenters. The fraction of sp³-hybridized carbons (Fsp3) is 0.579. The van der Waals surface area contributed by atoms with Gasteiger partial charge in [0.15, 0.2) is 5.96 Å². The van der Waals surface area contributed by atoms with Crippen LogP contribution in [0.1, 0.15) is 56.1 Å². The number of hydrogen-bond acceptors (Lipinski definition) is 2. The molecule has 0 spiro atoms. The van der Waals surface area contributed by atoms with E-state index in [2.05, 4.69) is 28.5 Å². The summed E-state index contributed by atoms with van der Waals surface area (Å²) in [5.74, 6) is 0.807. The fourth-order valence-corrected chi connectivity index (χ4v) is 3.60. The molecule has 0 radical (unpaired) electrons. The van der Waals surface area contributed by atoms with Gasteiger partial charge in [0, 0.05) is 25.6 Å². The molecular weight excluding hydrogens is 427 g/mol. The van der Waals surface area contributed by atoms with Crippen molar-refractivity contribution in [3.8, 4) is 0 Å². The van der Waals surface area contributed by atoms with Gasteiger partial charge in [-0.15, -0.1) is 24.0 Å². The smallest absolute Gasteiger partial charge is 0.222 e. The number of carbonyl (C=O) groups excluding carboxylic acids is 1. The average Bonchev–Trinajstić information content (AvgIpc) is 2.99. The van der Waals surface area contributed by atoms with Crippen molar-refractivity contribution in [2.75, 3.05) is 6.54 Å². The first-order chi connectivity index (χ1) is 11.7. The summed E-state index contributed by atoms with van der Waals surface area (Å²) in [6.45, 7) is 2.15. The van der Waals surface area contributed by atoms with E-state index in [-0.39, 0.29) is 29.9 Å². The second-order valence-electron chi connectivity index (χ2n) is 6.92. The number of likely N-dealkylation sites (tertiary alicyclic amines) is 1. The maximum Gasteiger partial charge on any atom is 0.222 e. The van der Waals surface area contributed by atoms with Gasteiger partial charge in [-0.05, 0) is 30.4 Å². The van der Waals surface area contributed by atoms with Gasteiger partial charge in [0.1, 0.15) is 0 Å². The zero-order chi connectivity index (χ0) is 16.8. The number of halogens is 1. The lowest BCUT2D eigenvalue weighted by molar-refractivity contribution is -0.128. The molecule has 2 fully saturated rings. The van der Waals surface area contributed by atoms with Crippen molar-refractivity contribution >= 4 is 35.8 Å². The van der Waals surface area contributed by atoms with E-state index in [1.54, 1.807) is 0 Å². The lowest BCUT2D eigenvalue weighted by atomic mass is 9.96. The Morgan fingerprint density at radius 3 is 2.68 bits per heavy atom. The summed E-state index contributed by atoms with van der Waals surface area (Å²) in [5.41, 5.74) is 8.32. The van der Waals surface area contributed by atoms with Crippen LogP contribution in [-0.2, 0) is 17.9 Å². The van der Waals surface area contributed by atoms with Crippen molar-refractivity contribution in [1.29, 1.82) is 0 Å². The molecule has 1 heterocycles. The van der Waals surface area contributed by atoms with Gasteiger partial charge in [-0.1, -0.05) is 43.5 Å². The summed E-state index contributed by atoms with van der Waals surface area (Å²) in [7, 11) is 0. The summed E-state index contributed by atoms with van der Waals surface area (Å²) < 4.78 is 0. The van der Waals surface area contributed by atoms with Crippen molar-refractivity contribution in [1.82, 2.24) is 10.2 Å². The normalized spacial score (nSPS) is 19.0. The van der Waals surface area contributed by atoms with Crippen LogP contribution in [0.2, 0.25) is 0 Å². The second-order valence-corrected chi connectivity index (χ2v) is 6.92. The Morgan fingerprint density at radius 2 is 1.96 bits per heavy atom. The highest BCUT2D eigenvalue weighted by Crippen LogP contribution is 2.17. The third-order valence-electron chi connectivity index (χ3n) is 4.93. The Labute approximate surface area is 167 Å². The molecule has 1 aromatic rings. The zero-order valence-electron chi connectivity index (χ0n) is 14.7. The molecule has 0 unspecified atom stereocenters. The summed E-state index contributed by atoms with van der Waals surface area (Å²) in [4.78, 5) is 18.2. The Hall–Kier alpha value is -1.31. The van der Waals surface area contributed by atoms with E-state index in [0.717, 1.165) is 24.1 Å². The van der Waals surface area contributed by atoms with Crippen LogP contribution in [0.5, 0.6) is 0 Å². The number of amides is 1. The molecule has 3 rings (SSSR count). The molecule has 2 aliphatic rings. The number of nitrogens with zero attached hydrogens (tertiary/aromatic N) is 2. The second kappa shape index (κ2) is 9.99. The SMILES string of the molecule is I.NC(=NCc1cccc(CN2CCCC2=O)c1)NC1CCCCC1. The van der Waals surface area contributed by atoms with Crippen LogP contribution in [-0.4, -0.2) is 29.4 Å². The third kappa shape index (κ3) is 6.17. The number of rotatable bonds is 5. The molecule has 6 heteroatoms. The molecule has 5 nitrogen and oxygen atoms in total. The number of nitrogens with two attached hydrogens (primary N) is 1. The van der Waals surface area contributed by atoms with Crippen LogP contribution >= 0.6 is 24.0 Å². The van der Waals surface area contributed by atoms with Gasteiger partial charge in [-0.3, -0.25) is 4.79 Å². The Kier molecular flexibility index (Phi) is 7.99. The van der Waals surface area contributed by atoms with Crippen molar-refractivity contribution < 1.29 is 4.79 Å². The van der Waals surface area contributed by atoms with E-state index in [0.29, 0.717) is 31.5 Å². The monoisotopic (exact) mass is 456 g/mol. The lowest BCUT2D eigenvalue weighted by Crippen LogP contribution is -2.41. The maximum atomic E-state index is 11.7. The van der Waals surface area contributed by atoms with Gasteiger partial charge in [-0.25, -0.2) is 4.99 Å². The fourth-order valence-electron chi connectivity index (χ4n) is 3.60. The van der Waals surface area contributed by atoms with Crippen molar-refractivity contribution in [3.63, 3.8) is 0 Å². The lowest BCUT2D eigenvalue weighted by Gasteiger charge is -2.23. The van der Waals surface area contributed by atoms with Crippen LogP contribution in [0.15, 0.2) is 29.3 Å². The summed E-state index contributed by atoms with van der Waals surface area (Å²) in [6.07, 6.45) is 7.94. The van der Waals surface area contributed by atoms with E-state index >= 15 is 0 Å². The van der Waals surface area contributed by atoms with E-state index in [1.165, 1.54) is 32.1 Å². The minimum absolute atomic E-state index is 0. The van der Waals surface area contributed by atoms with Crippen LogP contribution in [0.4, 0.5) is 0 Å². The molecule has 1 aliphatic heterocycles. The van der Waals surface area contributed by atoms with E-state index in [4.69, 9.17) is 5.73 Å². The highest BCUT2D eigenvalue weighted by molar-refractivity contribution is 14.0. The molecule has 25 heavy (non-hydrogen) atoms. The first-order valence-electron chi connectivity index (χ1n) is 9.13. The first kappa shape index (κ1) is 20.0. The first-order valence-corrected chi connectivity index (χ1v) is 9.13. The molecule has 138 valence electrons. The van der Waals surface area contributed by atoms with Crippen LogP contribution in [0.3, 0.4) is 0 Å². The van der Waals surface area contributed by atoms with E-state index in [1.807, 2.05) is 11.0 Å². The number of nitrogens with one attached hydrogen (secondary N) is 1. The predicted molar refractivity (Wildman–Crippen MR) is 112 cm³/mol. The predicted octanol–water partition coefficient (Wildman–Crippen LogP) is 3.16. The minimum Gasteiger partial charge on any atom is -0.370 e. The number of carbonyl (C=O) groups is 1. The van der Waals surface area contributed by atoms with Gasteiger partial charge in [0.25, 0.3) is 0 Å². The summed E-state index contributed by atoms with van der Waals surface area (Å²) in [5, 5.41) is 3.34. The van der Waals surface area contributed by atoms with Gasteiger partial charge in [-0.2, -0.15) is 0 Å². The quantitative estimate of drug-likeness (QED) is 0.406. The third-order valence-corrected chi connectivity index (χ3v) is 4.93. The van der Waals surface area contributed by atoms with Crippen LogP contribution in [0.25, 0.3) is 0 Å². The number of guanidine groups is 1. The summed E-state index contributed by atoms with van der Waals surface area (Å²) >= 11 is 0. The van der Waals surface area contributed by atoms with Gasteiger partial charge in [0.2, 0.25) is 5.91 Å². The molecule has 1 saturated carbocycles. The van der Waals surface area contributed by atoms with E-state index < -0.39 is 0 Å². The Morgan fingerprint density at radius 1 is 1.20 bits per heavy atom. The maximum absolute atomic E-state index is 11.7. The van der Waals surface area contributed by atoms with Crippen molar-refractivity contribution in [3.05, 3.63) is 35.4 Å². The molecule has 1 saturated heterocycles. The highest BCUT2D eigenvalue weighted by Gasteiger charge is 2.19. The van der Waals surface area contributed by atoms with Gasteiger partial charge in [0.05, 0.1) is 6.54 Å².